The van der Waals surface area contributed by atoms with Crippen molar-refractivity contribution in [1.29, 1.82) is 0 Å². The van der Waals surface area contributed by atoms with E-state index >= 15 is 0 Å². The minimum Gasteiger partial charge on any atom is -0.378 e. The Balaban J connectivity index is 1.62. The fourth-order valence-electron chi connectivity index (χ4n) is 3.22. The average Bonchev–Trinajstić information content (AvgIpc) is 2.93. The first kappa shape index (κ1) is 12.5. The van der Waals surface area contributed by atoms with Gasteiger partial charge in [0, 0.05) is 16.7 Å². The van der Waals surface area contributed by atoms with Crippen molar-refractivity contribution in [3.8, 4) is 0 Å². The third-order valence-electron chi connectivity index (χ3n) is 4.62. The van der Waals surface area contributed by atoms with Crippen LogP contribution in [-0.4, -0.2) is 17.7 Å². The topological polar surface area (TPSA) is 22.1 Å². The van der Waals surface area contributed by atoms with Crippen LogP contribution in [0.2, 0.25) is 0 Å². The quantitative estimate of drug-likeness (QED) is 0.846. The Kier molecular flexibility index (Phi) is 2.93. The van der Waals surface area contributed by atoms with Crippen molar-refractivity contribution in [2.45, 2.75) is 43.6 Å². The molecule has 1 saturated carbocycles. The van der Waals surface area contributed by atoms with Gasteiger partial charge in [-0.2, -0.15) is 0 Å². The SMILES string of the molecule is CC1CC(c2csc(C3(c4ccccc4)CC3)n2)CO1. The zero-order valence-corrected chi connectivity index (χ0v) is 12.5. The number of ether oxygens (including phenoxy) is 1. The molecule has 2 aliphatic rings. The van der Waals surface area contributed by atoms with Crippen LogP contribution in [0.25, 0.3) is 0 Å². The fraction of sp³-hybridized carbons (Fsp3) is 0.471. The van der Waals surface area contributed by atoms with E-state index in [4.69, 9.17) is 9.72 Å². The maximum Gasteiger partial charge on any atom is 0.103 e. The smallest absolute Gasteiger partial charge is 0.103 e. The lowest BCUT2D eigenvalue weighted by atomic mass is 9.96. The van der Waals surface area contributed by atoms with Gasteiger partial charge >= 0.3 is 0 Å². The van der Waals surface area contributed by atoms with Gasteiger partial charge in [0.2, 0.25) is 0 Å². The Morgan fingerprint density at radius 3 is 2.70 bits per heavy atom. The van der Waals surface area contributed by atoms with E-state index in [1.165, 1.54) is 29.1 Å². The number of hydrogen-bond donors (Lipinski definition) is 0. The maximum absolute atomic E-state index is 5.68. The van der Waals surface area contributed by atoms with Gasteiger partial charge in [-0.3, -0.25) is 0 Å². The van der Waals surface area contributed by atoms with Crippen LogP contribution in [0.5, 0.6) is 0 Å². The average molecular weight is 285 g/mol. The fourth-order valence-corrected chi connectivity index (χ4v) is 4.41. The van der Waals surface area contributed by atoms with Gasteiger partial charge in [-0.05, 0) is 31.7 Å². The molecule has 1 aromatic carbocycles. The summed E-state index contributed by atoms with van der Waals surface area (Å²) in [5.41, 5.74) is 2.89. The van der Waals surface area contributed by atoms with Crippen molar-refractivity contribution in [3.05, 3.63) is 52.0 Å². The first-order valence-electron chi connectivity index (χ1n) is 7.41. The molecular weight excluding hydrogens is 266 g/mol. The molecule has 0 bridgehead atoms. The lowest BCUT2D eigenvalue weighted by molar-refractivity contribution is 0.123. The number of nitrogens with zero attached hydrogens (tertiary/aromatic N) is 1. The van der Waals surface area contributed by atoms with Crippen LogP contribution in [0.1, 0.15) is 48.4 Å². The molecule has 4 rings (SSSR count). The molecule has 0 N–H and O–H groups in total. The molecule has 2 fully saturated rings. The summed E-state index contributed by atoms with van der Waals surface area (Å²) >= 11 is 1.84. The van der Waals surface area contributed by atoms with Crippen LogP contribution in [0.3, 0.4) is 0 Å². The zero-order valence-electron chi connectivity index (χ0n) is 11.7. The highest BCUT2D eigenvalue weighted by atomic mass is 32.1. The molecule has 1 saturated heterocycles. The van der Waals surface area contributed by atoms with Crippen LogP contribution >= 0.6 is 11.3 Å². The molecule has 0 radical (unpaired) electrons. The van der Waals surface area contributed by atoms with E-state index < -0.39 is 0 Å². The van der Waals surface area contributed by atoms with E-state index in [-0.39, 0.29) is 5.41 Å². The molecule has 0 spiro atoms. The van der Waals surface area contributed by atoms with Gasteiger partial charge in [-0.1, -0.05) is 30.3 Å². The lowest BCUT2D eigenvalue weighted by Gasteiger charge is -2.12. The minimum atomic E-state index is 0.218. The maximum atomic E-state index is 5.68. The highest BCUT2D eigenvalue weighted by Crippen LogP contribution is 2.54. The summed E-state index contributed by atoms with van der Waals surface area (Å²) in [6, 6.07) is 10.8. The van der Waals surface area contributed by atoms with E-state index in [1.807, 2.05) is 11.3 Å². The van der Waals surface area contributed by atoms with E-state index in [9.17, 15) is 0 Å². The molecule has 1 aromatic heterocycles. The third kappa shape index (κ3) is 2.00. The number of thiazole rings is 1. The second kappa shape index (κ2) is 4.68. The van der Waals surface area contributed by atoms with Crippen molar-refractivity contribution in [2.75, 3.05) is 6.61 Å². The predicted molar refractivity (Wildman–Crippen MR) is 81.3 cm³/mol. The van der Waals surface area contributed by atoms with E-state index in [0.29, 0.717) is 12.0 Å². The van der Waals surface area contributed by atoms with Crippen molar-refractivity contribution >= 4 is 11.3 Å². The van der Waals surface area contributed by atoms with Crippen LogP contribution in [-0.2, 0) is 10.2 Å². The molecule has 0 amide bonds. The molecule has 1 aliphatic heterocycles. The molecule has 3 heteroatoms. The van der Waals surface area contributed by atoms with Crippen LogP contribution in [0, 0.1) is 0 Å². The molecule has 2 aromatic rings. The van der Waals surface area contributed by atoms with Gasteiger partial charge in [0.05, 0.1) is 18.4 Å². The van der Waals surface area contributed by atoms with Gasteiger partial charge in [0.25, 0.3) is 0 Å². The monoisotopic (exact) mass is 285 g/mol. The largest absolute Gasteiger partial charge is 0.378 e. The minimum absolute atomic E-state index is 0.218. The molecule has 2 unspecified atom stereocenters. The predicted octanol–water partition coefficient (Wildman–Crippen LogP) is 4.12. The molecular formula is C17H19NOS. The normalized spacial score (nSPS) is 27.6. The summed E-state index contributed by atoms with van der Waals surface area (Å²) in [6.45, 7) is 2.99. The molecule has 20 heavy (non-hydrogen) atoms. The standard InChI is InChI=1S/C17H19NOS/c1-12-9-13(10-19-12)15-11-20-16(18-15)17(7-8-17)14-5-3-2-4-6-14/h2-6,11-13H,7-10H2,1H3. The lowest BCUT2D eigenvalue weighted by Crippen LogP contribution is -2.09. The molecule has 1 aliphatic carbocycles. The van der Waals surface area contributed by atoms with Crippen molar-refractivity contribution in [3.63, 3.8) is 0 Å². The Bertz CT molecular complexity index is 602. The molecule has 2 heterocycles. The van der Waals surface area contributed by atoms with Crippen molar-refractivity contribution in [2.24, 2.45) is 0 Å². The Morgan fingerprint density at radius 2 is 2.05 bits per heavy atom. The second-order valence-electron chi connectivity index (χ2n) is 6.10. The highest BCUT2D eigenvalue weighted by Gasteiger charge is 2.48. The molecule has 2 atom stereocenters. The van der Waals surface area contributed by atoms with E-state index in [0.717, 1.165) is 13.0 Å². The number of hydrogen-bond acceptors (Lipinski definition) is 3. The molecule has 2 nitrogen and oxygen atoms in total. The first-order chi connectivity index (χ1) is 9.78. The van der Waals surface area contributed by atoms with E-state index in [2.05, 4.69) is 42.6 Å². The van der Waals surface area contributed by atoms with Crippen LogP contribution in [0.15, 0.2) is 35.7 Å². The second-order valence-corrected chi connectivity index (χ2v) is 6.96. The van der Waals surface area contributed by atoms with E-state index in [1.54, 1.807) is 0 Å². The first-order valence-corrected chi connectivity index (χ1v) is 8.29. The van der Waals surface area contributed by atoms with Gasteiger partial charge in [0.15, 0.2) is 0 Å². The Morgan fingerprint density at radius 1 is 1.25 bits per heavy atom. The highest BCUT2D eigenvalue weighted by molar-refractivity contribution is 7.09. The summed E-state index contributed by atoms with van der Waals surface area (Å²) in [5, 5.41) is 3.56. The van der Waals surface area contributed by atoms with Crippen LogP contribution < -0.4 is 0 Å². The number of aromatic nitrogens is 1. The Hall–Kier alpha value is -1.19. The van der Waals surface area contributed by atoms with Gasteiger partial charge in [-0.25, -0.2) is 4.98 Å². The van der Waals surface area contributed by atoms with Gasteiger partial charge < -0.3 is 4.74 Å². The number of benzene rings is 1. The summed E-state index contributed by atoms with van der Waals surface area (Å²) in [4.78, 5) is 4.98. The zero-order chi connectivity index (χ0) is 13.6. The summed E-state index contributed by atoms with van der Waals surface area (Å²) in [5.74, 6) is 0.501. The molecule has 104 valence electrons. The summed E-state index contributed by atoms with van der Waals surface area (Å²) in [7, 11) is 0. The summed E-state index contributed by atoms with van der Waals surface area (Å²) < 4.78 is 5.68. The Labute approximate surface area is 123 Å². The third-order valence-corrected chi connectivity index (χ3v) is 5.69. The van der Waals surface area contributed by atoms with Crippen molar-refractivity contribution in [1.82, 2.24) is 4.98 Å². The summed E-state index contributed by atoms with van der Waals surface area (Å²) in [6.07, 6.45) is 3.97. The van der Waals surface area contributed by atoms with Gasteiger partial charge in [0.1, 0.15) is 5.01 Å². The van der Waals surface area contributed by atoms with Crippen molar-refractivity contribution < 1.29 is 4.74 Å². The van der Waals surface area contributed by atoms with Crippen LogP contribution in [0.4, 0.5) is 0 Å². The van der Waals surface area contributed by atoms with Gasteiger partial charge in [-0.15, -0.1) is 11.3 Å². The number of rotatable bonds is 3.